The fraction of sp³-hybridized carbons (Fsp3) is 0.391. The van der Waals surface area contributed by atoms with E-state index >= 15 is 0 Å². The topological polar surface area (TPSA) is 65.4 Å². The largest absolute Gasteiger partial charge is 0.497 e. The molecule has 6 nitrogen and oxygen atoms in total. The van der Waals surface area contributed by atoms with Gasteiger partial charge in [0.15, 0.2) is 0 Å². The zero-order valence-corrected chi connectivity index (χ0v) is 17.4. The number of aromatic nitrogens is 2. The van der Waals surface area contributed by atoms with Gasteiger partial charge in [-0.1, -0.05) is 25.1 Å². The molecule has 0 aliphatic rings. The number of nitrogens with one attached hydrogen (secondary N) is 1. The second-order valence-electron chi connectivity index (χ2n) is 6.99. The van der Waals surface area contributed by atoms with Crippen LogP contribution in [0.5, 0.6) is 11.5 Å². The molecule has 0 fully saturated rings. The van der Waals surface area contributed by atoms with Gasteiger partial charge < -0.3 is 19.4 Å². The molecule has 2 aromatic carbocycles. The zero-order valence-electron chi connectivity index (χ0n) is 17.4. The molecule has 0 saturated carbocycles. The summed E-state index contributed by atoms with van der Waals surface area (Å²) in [6.07, 6.45) is 2.33. The maximum absolute atomic E-state index is 11.8. The van der Waals surface area contributed by atoms with Gasteiger partial charge in [0.25, 0.3) is 0 Å². The van der Waals surface area contributed by atoms with E-state index in [4.69, 9.17) is 14.5 Å². The van der Waals surface area contributed by atoms with E-state index in [9.17, 15) is 4.79 Å². The third-order valence-corrected chi connectivity index (χ3v) is 4.86. The molecule has 3 rings (SSSR count). The minimum absolute atomic E-state index is 0.0304. The van der Waals surface area contributed by atoms with Crippen molar-refractivity contribution in [3.63, 3.8) is 0 Å². The number of aryl methyl sites for hydroxylation is 1. The summed E-state index contributed by atoms with van der Waals surface area (Å²) in [6.45, 7) is 5.30. The standard InChI is InChI=1S/C23H29N3O3/c1-4-22(27)24-17(2)23-25-20-12-5-6-13-21(20)26(23)14-7-8-15-29-19-11-9-10-18(16-19)28-3/h5-6,9-13,16-17H,4,7-8,14-15H2,1-3H3,(H,24,27). The molecule has 1 atom stereocenters. The number of amides is 1. The fourth-order valence-electron chi connectivity index (χ4n) is 3.32. The summed E-state index contributed by atoms with van der Waals surface area (Å²) in [7, 11) is 1.65. The summed E-state index contributed by atoms with van der Waals surface area (Å²) >= 11 is 0. The zero-order chi connectivity index (χ0) is 20.6. The Morgan fingerprint density at radius 1 is 1.14 bits per heavy atom. The lowest BCUT2D eigenvalue weighted by Gasteiger charge is -2.16. The lowest BCUT2D eigenvalue weighted by atomic mass is 10.2. The van der Waals surface area contributed by atoms with Crippen LogP contribution in [0.2, 0.25) is 0 Å². The highest BCUT2D eigenvalue weighted by molar-refractivity contribution is 5.77. The molecule has 0 saturated heterocycles. The molecule has 1 aromatic heterocycles. The predicted molar refractivity (Wildman–Crippen MR) is 114 cm³/mol. The van der Waals surface area contributed by atoms with Gasteiger partial charge in [-0.25, -0.2) is 4.98 Å². The van der Waals surface area contributed by atoms with Crippen LogP contribution in [-0.4, -0.2) is 29.2 Å². The molecule has 1 unspecified atom stereocenters. The summed E-state index contributed by atoms with van der Waals surface area (Å²) in [6, 6.07) is 15.6. The van der Waals surface area contributed by atoms with Crippen LogP contribution >= 0.6 is 0 Å². The van der Waals surface area contributed by atoms with E-state index in [0.29, 0.717) is 13.0 Å². The number of imidazole rings is 1. The normalized spacial score (nSPS) is 12.0. The number of hydrogen-bond donors (Lipinski definition) is 1. The van der Waals surface area contributed by atoms with Gasteiger partial charge in [0.2, 0.25) is 5.91 Å². The second-order valence-corrected chi connectivity index (χ2v) is 6.99. The summed E-state index contributed by atoms with van der Waals surface area (Å²) < 4.78 is 13.3. The Labute approximate surface area is 171 Å². The lowest BCUT2D eigenvalue weighted by molar-refractivity contribution is -0.121. The Bertz CT molecular complexity index is 951. The molecule has 0 radical (unpaired) electrons. The van der Waals surface area contributed by atoms with Crippen LogP contribution in [0.4, 0.5) is 0 Å². The van der Waals surface area contributed by atoms with Crippen molar-refractivity contribution in [1.29, 1.82) is 0 Å². The number of nitrogens with zero attached hydrogens (tertiary/aromatic N) is 2. The first-order valence-corrected chi connectivity index (χ1v) is 10.1. The Hall–Kier alpha value is -3.02. The first-order valence-electron chi connectivity index (χ1n) is 10.1. The molecular weight excluding hydrogens is 366 g/mol. The number of benzene rings is 2. The highest BCUT2D eigenvalue weighted by atomic mass is 16.5. The molecule has 1 heterocycles. The van der Waals surface area contributed by atoms with Crippen molar-refractivity contribution in [1.82, 2.24) is 14.9 Å². The fourth-order valence-corrected chi connectivity index (χ4v) is 3.32. The van der Waals surface area contributed by atoms with Crippen LogP contribution in [0.25, 0.3) is 11.0 Å². The van der Waals surface area contributed by atoms with Crippen molar-refractivity contribution in [3.8, 4) is 11.5 Å². The SMILES string of the molecule is CCC(=O)NC(C)c1nc2ccccc2n1CCCCOc1cccc(OC)c1. The molecule has 3 aromatic rings. The second kappa shape index (κ2) is 9.96. The number of para-hydroxylation sites is 2. The van der Waals surface area contributed by atoms with Gasteiger partial charge in [-0.2, -0.15) is 0 Å². The predicted octanol–water partition coefficient (Wildman–Crippen LogP) is 4.49. The summed E-state index contributed by atoms with van der Waals surface area (Å²) in [5.41, 5.74) is 2.04. The highest BCUT2D eigenvalue weighted by Crippen LogP contribution is 2.22. The summed E-state index contributed by atoms with van der Waals surface area (Å²) in [5.74, 6) is 2.53. The van der Waals surface area contributed by atoms with E-state index < -0.39 is 0 Å². The third-order valence-electron chi connectivity index (χ3n) is 4.86. The maximum atomic E-state index is 11.8. The Morgan fingerprint density at radius 2 is 1.93 bits per heavy atom. The van der Waals surface area contributed by atoms with E-state index in [2.05, 4.69) is 16.0 Å². The van der Waals surface area contributed by atoms with Gasteiger partial charge in [0.05, 0.1) is 30.8 Å². The minimum atomic E-state index is -0.136. The lowest BCUT2D eigenvalue weighted by Crippen LogP contribution is -2.28. The molecule has 0 aliphatic carbocycles. The van der Waals surface area contributed by atoms with E-state index in [1.807, 2.05) is 56.3 Å². The third kappa shape index (κ3) is 5.28. The van der Waals surface area contributed by atoms with Crippen molar-refractivity contribution in [2.75, 3.05) is 13.7 Å². The van der Waals surface area contributed by atoms with E-state index in [-0.39, 0.29) is 11.9 Å². The molecule has 1 amide bonds. The number of unbranched alkanes of at least 4 members (excludes halogenated alkanes) is 1. The van der Waals surface area contributed by atoms with Crippen molar-refractivity contribution in [2.45, 2.75) is 45.7 Å². The quantitative estimate of drug-likeness (QED) is 0.514. The summed E-state index contributed by atoms with van der Waals surface area (Å²) in [5, 5.41) is 3.02. The van der Waals surface area contributed by atoms with Gasteiger partial charge in [0.1, 0.15) is 17.3 Å². The average Bonchev–Trinajstić information content (AvgIpc) is 3.12. The van der Waals surface area contributed by atoms with Crippen LogP contribution in [0, 0.1) is 0 Å². The minimum Gasteiger partial charge on any atom is -0.497 e. The number of rotatable bonds is 10. The molecule has 154 valence electrons. The van der Waals surface area contributed by atoms with E-state index in [1.54, 1.807) is 7.11 Å². The van der Waals surface area contributed by atoms with E-state index in [1.165, 1.54) is 0 Å². The Kier molecular flexibility index (Phi) is 7.11. The Morgan fingerprint density at radius 3 is 2.72 bits per heavy atom. The molecule has 0 spiro atoms. The van der Waals surface area contributed by atoms with Crippen LogP contribution < -0.4 is 14.8 Å². The number of methoxy groups -OCH3 is 1. The van der Waals surface area contributed by atoms with Crippen LogP contribution in [0.1, 0.15) is 45.0 Å². The van der Waals surface area contributed by atoms with Crippen LogP contribution in [0.15, 0.2) is 48.5 Å². The Balaban J connectivity index is 1.62. The van der Waals surface area contributed by atoms with Gasteiger partial charge >= 0.3 is 0 Å². The van der Waals surface area contributed by atoms with Gasteiger partial charge in [-0.05, 0) is 44.0 Å². The van der Waals surface area contributed by atoms with Crippen molar-refractivity contribution in [2.24, 2.45) is 0 Å². The monoisotopic (exact) mass is 395 g/mol. The summed E-state index contributed by atoms with van der Waals surface area (Å²) in [4.78, 5) is 16.6. The molecule has 0 bridgehead atoms. The van der Waals surface area contributed by atoms with E-state index in [0.717, 1.165) is 47.7 Å². The average molecular weight is 396 g/mol. The molecule has 6 heteroatoms. The number of hydrogen-bond acceptors (Lipinski definition) is 4. The van der Waals surface area contributed by atoms with Crippen molar-refractivity contribution >= 4 is 16.9 Å². The van der Waals surface area contributed by atoms with Crippen LogP contribution in [0.3, 0.4) is 0 Å². The maximum Gasteiger partial charge on any atom is 0.220 e. The van der Waals surface area contributed by atoms with Gasteiger partial charge in [0, 0.05) is 19.0 Å². The molecule has 29 heavy (non-hydrogen) atoms. The van der Waals surface area contributed by atoms with Crippen molar-refractivity contribution < 1.29 is 14.3 Å². The molecule has 0 aliphatic heterocycles. The number of carbonyl (C=O) groups is 1. The van der Waals surface area contributed by atoms with Crippen molar-refractivity contribution in [3.05, 3.63) is 54.4 Å². The highest BCUT2D eigenvalue weighted by Gasteiger charge is 2.17. The number of carbonyl (C=O) groups excluding carboxylic acids is 1. The number of ether oxygens (including phenoxy) is 2. The molecule has 1 N–H and O–H groups in total. The first-order chi connectivity index (χ1) is 14.1. The van der Waals surface area contributed by atoms with Gasteiger partial charge in [-0.15, -0.1) is 0 Å². The van der Waals surface area contributed by atoms with Gasteiger partial charge in [-0.3, -0.25) is 4.79 Å². The smallest absolute Gasteiger partial charge is 0.220 e. The van der Waals surface area contributed by atoms with Crippen LogP contribution in [-0.2, 0) is 11.3 Å². The molecular formula is C23H29N3O3. The number of fused-ring (bicyclic) bond motifs is 1. The first kappa shape index (κ1) is 20.7.